The average Bonchev–Trinajstić information content (AvgIpc) is 2.76. The van der Waals surface area contributed by atoms with Gasteiger partial charge in [0.25, 0.3) is 11.5 Å². The number of hydrogen-bond acceptors (Lipinski definition) is 5. The number of aromatic amines is 1. The Bertz CT molecular complexity index is 773. The number of furan rings is 1. The van der Waals surface area contributed by atoms with E-state index < -0.39 is 23.0 Å². The van der Waals surface area contributed by atoms with Crippen molar-refractivity contribution in [1.29, 1.82) is 0 Å². The smallest absolute Gasteiger partial charge is 0.328 e. The number of H-pyrrole nitrogens is 1. The molecule has 4 N–H and O–H groups in total. The maximum Gasteiger partial charge on any atom is 0.328 e. The Labute approximate surface area is 111 Å². The highest BCUT2D eigenvalue weighted by Gasteiger charge is 2.15. The van der Waals surface area contributed by atoms with E-state index in [2.05, 4.69) is 0 Å². The Morgan fingerprint density at radius 3 is 2.90 bits per heavy atom. The summed E-state index contributed by atoms with van der Waals surface area (Å²) in [5, 5.41) is 0. The highest BCUT2D eigenvalue weighted by Crippen LogP contribution is 2.15. The molecule has 0 atom stereocenters. The standard InChI is InChI=1S/C11H11FN4O4/c1-5-7(9(17)15-13)2-6(20-5)3-16-4-8(12)10(18)14-11(16)19/h2,4H,3,13H2,1H3,(H,15,17)(H,14,18,19). The second-order valence-corrected chi connectivity index (χ2v) is 4.02. The second-order valence-electron chi connectivity index (χ2n) is 4.02. The summed E-state index contributed by atoms with van der Waals surface area (Å²) in [4.78, 5) is 35.6. The number of amides is 1. The van der Waals surface area contributed by atoms with Gasteiger partial charge in [-0.1, -0.05) is 0 Å². The quantitative estimate of drug-likeness (QED) is 0.387. The number of carbonyl (C=O) groups is 1. The zero-order valence-electron chi connectivity index (χ0n) is 10.4. The SMILES string of the molecule is Cc1oc(Cn2cc(F)c(=O)[nH]c2=O)cc1C(=O)NN. The summed E-state index contributed by atoms with van der Waals surface area (Å²) in [6.45, 7) is 1.41. The van der Waals surface area contributed by atoms with Gasteiger partial charge < -0.3 is 4.42 Å². The van der Waals surface area contributed by atoms with Crippen molar-refractivity contribution in [2.24, 2.45) is 5.84 Å². The van der Waals surface area contributed by atoms with Crippen LogP contribution in [0.1, 0.15) is 21.9 Å². The van der Waals surface area contributed by atoms with Crippen LogP contribution in [-0.2, 0) is 6.54 Å². The summed E-state index contributed by atoms with van der Waals surface area (Å²) in [5.41, 5.74) is 0.286. The van der Waals surface area contributed by atoms with Gasteiger partial charge >= 0.3 is 5.69 Å². The van der Waals surface area contributed by atoms with Crippen LogP contribution >= 0.6 is 0 Å². The van der Waals surface area contributed by atoms with Crippen molar-refractivity contribution in [3.8, 4) is 0 Å². The molecule has 0 aromatic carbocycles. The molecule has 0 radical (unpaired) electrons. The van der Waals surface area contributed by atoms with Gasteiger partial charge in [0.15, 0.2) is 0 Å². The number of carbonyl (C=O) groups excluding carboxylic acids is 1. The normalized spacial score (nSPS) is 10.6. The first-order chi connectivity index (χ1) is 9.42. The summed E-state index contributed by atoms with van der Waals surface area (Å²) >= 11 is 0. The number of nitrogens with two attached hydrogens (primary N) is 1. The number of nitrogens with one attached hydrogen (secondary N) is 2. The van der Waals surface area contributed by atoms with Crippen molar-refractivity contribution in [2.45, 2.75) is 13.5 Å². The van der Waals surface area contributed by atoms with E-state index in [0.717, 1.165) is 10.8 Å². The van der Waals surface area contributed by atoms with E-state index in [1.807, 2.05) is 10.4 Å². The van der Waals surface area contributed by atoms with Gasteiger partial charge in [-0.15, -0.1) is 0 Å². The fourth-order valence-electron chi connectivity index (χ4n) is 1.69. The lowest BCUT2D eigenvalue weighted by molar-refractivity contribution is 0.0952. The summed E-state index contributed by atoms with van der Waals surface area (Å²) in [6, 6.07) is 1.38. The number of nitrogen functional groups attached to an aromatic ring is 1. The molecule has 2 aromatic heterocycles. The molecule has 8 nitrogen and oxygen atoms in total. The van der Waals surface area contributed by atoms with Crippen LogP contribution in [-0.4, -0.2) is 15.5 Å². The first-order valence-electron chi connectivity index (χ1n) is 5.52. The summed E-state index contributed by atoms with van der Waals surface area (Å²) in [5.74, 6) is 3.93. The molecule has 0 aliphatic carbocycles. The maximum absolute atomic E-state index is 13.1. The van der Waals surface area contributed by atoms with Crippen LogP contribution in [0.4, 0.5) is 4.39 Å². The molecule has 0 aliphatic rings. The predicted octanol–water partition coefficient (Wildman–Crippen LogP) is -0.771. The van der Waals surface area contributed by atoms with Crippen molar-refractivity contribution >= 4 is 5.91 Å². The molecule has 2 heterocycles. The van der Waals surface area contributed by atoms with Crippen LogP contribution in [0.15, 0.2) is 26.3 Å². The van der Waals surface area contributed by atoms with Crippen LogP contribution < -0.4 is 22.5 Å². The lowest BCUT2D eigenvalue weighted by atomic mass is 10.2. The van der Waals surface area contributed by atoms with Crippen molar-refractivity contribution in [3.05, 3.63) is 56.0 Å². The monoisotopic (exact) mass is 282 g/mol. The largest absolute Gasteiger partial charge is 0.464 e. The number of aryl methyl sites for hydroxylation is 1. The van der Waals surface area contributed by atoms with Crippen molar-refractivity contribution in [3.63, 3.8) is 0 Å². The first kappa shape index (κ1) is 13.7. The number of hydrazine groups is 1. The van der Waals surface area contributed by atoms with E-state index in [4.69, 9.17) is 10.3 Å². The Kier molecular flexibility index (Phi) is 3.53. The summed E-state index contributed by atoms with van der Waals surface area (Å²) in [6.07, 6.45) is 0.766. The van der Waals surface area contributed by atoms with Crippen LogP contribution in [0.25, 0.3) is 0 Å². The molecule has 0 saturated carbocycles. The topological polar surface area (TPSA) is 123 Å². The lowest BCUT2D eigenvalue weighted by Gasteiger charge is -2.01. The summed E-state index contributed by atoms with van der Waals surface area (Å²) in [7, 11) is 0. The molecular weight excluding hydrogens is 271 g/mol. The molecule has 9 heteroatoms. The van der Waals surface area contributed by atoms with Gasteiger partial charge in [-0.3, -0.25) is 24.6 Å². The molecule has 0 saturated heterocycles. The molecule has 0 fully saturated rings. The molecule has 2 rings (SSSR count). The zero-order valence-corrected chi connectivity index (χ0v) is 10.4. The molecule has 2 aromatic rings. The number of rotatable bonds is 3. The molecule has 20 heavy (non-hydrogen) atoms. The van der Waals surface area contributed by atoms with Crippen LogP contribution in [0.3, 0.4) is 0 Å². The van der Waals surface area contributed by atoms with Gasteiger partial charge in [0.1, 0.15) is 11.5 Å². The lowest BCUT2D eigenvalue weighted by Crippen LogP contribution is -2.31. The van der Waals surface area contributed by atoms with E-state index in [9.17, 15) is 18.8 Å². The van der Waals surface area contributed by atoms with Crippen LogP contribution in [0.2, 0.25) is 0 Å². The molecule has 0 unspecified atom stereocenters. The number of aromatic nitrogens is 2. The maximum atomic E-state index is 13.1. The van der Waals surface area contributed by atoms with Crippen molar-refractivity contribution in [2.75, 3.05) is 0 Å². The molecule has 0 aliphatic heterocycles. The van der Waals surface area contributed by atoms with E-state index >= 15 is 0 Å². The number of halogens is 1. The average molecular weight is 282 g/mol. The van der Waals surface area contributed by atoms with Gasteiger partial charge in [-0.25, -0.2) is 10.6 Å². The minimum atomic E-state index is -1.09. The molecule has 106 valence electrons. The van der Waals surface area contributed by atoms with E-state index in [0.29, 0.717) is 5.76 Å². The van der Waals surface area contributed by atoms with Gasteiger partial charge in [0, 0.05) is 0 Å². The van der Waals surface area contributed by atoms with Gasteiger partial charge in [0.2, 0.25) is 5.82 Å². The van der Waals surface area contributed by atoms with E-state index in [1.54, 1.807) is 6.92 Å². The van der Waals surface area contributed by atoms with Gasteiger partial charge in [-0.05, 0) is 13.0 Å². The Hall–Kier alpha value is -2.68. The van der Waals surface area contributed by atoms with E-state index in [1.165, 1.54) is 6.07 Å². The van der Waals surface area contributed by atoms with Crippen LogP contribution in [0.5, 0.6) is 0 Å². The fraction of sp³-hybridized carbons (Fsp3) is 0.182. The predicted molar refractivity (Wildman–Crippen MR) is 65.5 cm³/mol. The third-order valence-electron chi connectivity index (χ3n) is 2.64. The minimum absolute atomic E-state index is 0.134. The van der Waals surface area contributed by atoms with Gasteiger partial charge in [0.05, 0.1) is 18.3 Å². The Balaban J connectivity index is 2.36. The highest BCUT2D eigenvalue weighted by atomic mass is 19.1. The fourth-order valence-corrected chi connectivity index (χ4v) is 1.69. The number of hydrogen-bond donors (Lipinski definition) is 3. The molecule has 1 amide bonds. The zero-order chi connectivity index (χ0) is 14.9. The van der Waals surface area contributed by atoms with Crippen LogP contribution in [0, 0.1) is 12.7 Å². The Morgan fingerprint density at radius 2 is 2.25 bits per heavy atom. The first-order valence-corrected chi connectivity index (χ1v) is 5.52. The third-order valence-corrected chi connectivity index (χ3v) is 2.64. The van der Waals surface area contributed by atoms with Crippen molar-refractivity contribution < 1.29 is 13.6 Å². The Morgan fingerprint density at radius 1 is 1.55 bits per heavy atom. The second kappa shape index (κ2) is 5.13. The van der Waals surface area contributed by atoms with Gasteiger partial charge in [-0.2, -0.15) is 4.39 Å². The third kappa shape index (κ3) is 2.52. The highest BCUT2D eigenvalue weighted by molar-refractivity contribution is 5.94. The molecule has 0 spiro atoms. The summed E-state index contributed by atoms with van der Waals surface area (Å²) < 4.78 is 19.3. The molecule has 0 bridgehead atoms. The molecular formula is C11H11FN4O4. The van der Waals surface area contributed by atoms with Crippen molar-refractivity contribution in [1.82, 2.24) is 15.0 Å². The number of nitrogens with zero attached hydrogens (tertiary/aromatic N) is 1. The minimum Gasteiger partial charge on any atom is -0.464 e. The van der Waals surface area contributed by atoms with E-state index in [-0.39, 0.29) is 17.9 Å².